The van der Waals surface area contributed by atoms with Crippen molar-refractivity contribution in [2.24, 2.45) is 17.8 Å². The molecule has 4 bridgehead atoms. The first-order valence-electron chi connectivity index (χ1n) is 13.7. The summed E-state index contributed by atoms with van der Waals surface area (Å²) >= 11 is 0. The number of nitrogens with zero attached hydrogens (tertiary/aromatic N) is 4. The molecule has 10 heteroatoms. The lowest BCUT2D eigenvalue weighted by molar-refractivity contribution is -0.136. The molecule has 0 spiro atoms. The van der Waals surface area contributed by atoms with E-state index in [0.717, 1.165) is 56.4 Å². The molecule has 2 N–H and O–H groups in total. The van der Waals surface area contributed by atoms with Crippen LogP contribution in [0.1, 0.15) is 55.1 Å². The van der Waals surface area contributed by atoms with Crippen LogP contribution in [0.2, 0.25) is 0 Å². The summed E-state index contributed by atoms with van der Waals surface area (Å²) in [7, 11) is -3.25. The molecule has 1 aromatic heterocycles. The summed E-state index contributed by atoms with van der Waals surface area (Å²) in [5.74, 6) is 1.68. The number of aromatic nitrogens is 2. The Bertz CT molecular complexity index is 1350. The van der Waals surface area contributed by atoms with E-state index in [1.54, 1.807) is 18.3 Å². The quantitative estimate of drug-likeness (QED) is 0.596. The SMILES string of the molecule is Cc1cc(N2CCN(c3nccc(C(=O)NC4C5CC6CC4CC(O)(C6)C5)n3)[C@H](C)C2)ccc1S(C)(=O)=O. The molecule has 2 aromatic rings. The fraction of sp³-hybridized carbons (Fsp3) is 0.607. The Balaban J connectivity index is 1.12. The number of rotatable bonds is 5. The summed E-state index contributed by atoms with van der Waals surface area (Å²) in [6.45, 7) is 6.09. The number of aliphatic hydroxyl groups is 1. The van der Waals surface area contributed by atoms with Gasteiger partial charge in [-0.25, -0.2) is 18.4 Å². The van der Waals surface area contributed by atoms with Crippen LogP contribution in [-0.2, 0) is 9.84 Å². The largest absolute Gasteiger partial charge is 0.390 e. The van der Waals surface area contributed by atoms with Gasteiger partial charge in [0.2, 0.25) is 5.95 Å². The molecule has 1 aromatic carbocycles. The molecule has 4 saturated carbocycles. The van der Waals surface area contributed by atoms with Crippen molar-refractivity contribution < 1.29 is 18.3 Å². The van der Waals surface area contributed by atoms with Gasteiger partial charge in [0.1, 0.15) is 5.69 Å². The van der Waals surface area contributed by atoms with Gasteiger partial charge in [-0.2, -0.15) is 0 Å². The average Bonchev–Trinajstić information content (AvgIpc) is 2.84. The number of anilines is 2. The molecule has 2 unspecified atom stereocenters. The van der Waals surface area contributed by atoms with Gasteiger partial charge >= 0.3 is 0 Å². The number of carbonyl (C=O) groups excluding carboxylic acids is 1. The lowest BCUT2D eigenvalue weighted by atomic mass is 9.52. The molecule has 0 radical (unpaired) electrons. The number of piperazine rings is 1. The van der Waals surface area contributed by atoms with Crippen LogP contribution in [0.5, 0.6) is 0 Å². The highest BCUT2D eigenvalue weighted by Crippen LogP contribution is 2.55. The molecule has 5 fully saturated rings. The van der Waals surface area contributed by atoms with E-state index in [0.29, 0.717) is 40.8 Å². The normalized spacial score (nSPS) is 32.5. The van der Waals surface area contributed by atoms with Crippen LogP contribution >= 0.6 is 0 Å². The van der Waals surface area contributed by atoms with Gasteiger partial charge in [-0.15, -0.1) is 0 Å². The van der Waals surface area contributed by atoms with E-state index in [2.05, 4.69) is 32.0 Å². The Morgan fingerprint density at radius 2 is 1.87 bits per heavy atom. The van der Waals surface area contributed by atoms with E-state index in [4.69, 9.17) is 0 Å². The molecule has 3 atom stereocenters. The van der Waals surface area contributed by atoms with Gasteiger partial charge < -0.3 is 20.2 Å². The molecule has 5 aliphatic rings. The highest BCUT2D eigenvalue weighted by molar-refractivity contribution is 7.90. The fourth-order valence-electron chi connectivity index (χ4n) is 7.79. The number of amides is 1. The minimum atomic E-state index is -3.25. The van der Waals surface area contributed by atoms with E-state index >= 15 is 0 Å². The maximum atomic E-state index is 13.3. The molecule has 1 saturated heterocycles. The highest BCUT2D eigenvalue weighted by atomic mass is 32.2. The second kappa shape index (κ2) is 9.19. The Morgan fingerprint density at radius 1 is 1.13 bits per heavy atom. The Hall–Kier alpha value is -2.72. The monoisotopic (exact) mass is 539 g/mol. The van der Waals surface area contributed by atoms with Crippen molar-refractivity contribution in [1.29, 1.82) is 0 Å². The van der Waals surface area contributed by atoms with Crippen LogP contribution in [-0.4, -0.2) is 73.0 Å². The van der Waals surface area contributed by atoms with Gasteiger partial charge in [-0.3, -0.25) is 4.79 Å². The molecule has 4 aliphatic carbocycles. The average molecular weight is 540 g/mol. The second-order valence-corrected chi connectivity index (χ2v) is 14.1. The Kier molecular flexibility index (Phi) is 6.18. The summed E-state index contributed by atoms with van der Waals surface area (Å²) in [6.07, 6.45) is 7.58. The molecule has 2 heterocycles. The highest BCUT2D eigenvalue weighted by Gasteiger charge is 2.55. The predicted molar refractivity (Wildman–Crippen MR) is 145 cm³/mol. The van der Waals surface area contributed by atoms with Crippen molar-refractivity contribution in [3.8, 4) is 0 Å². The number of benzene rings is 1. The summed E-state index contributed by atoms with van der Waals surface area (Å²) in [5.41, 5.74) is 1.60. The smallest absolute Gasteiger partial charge is 0.270 e. The van der Waals surface area contributed by atoms with Crippen molar-refractivity contribution in [3.05, 3.63) is 41.7 Å². The van der Waals surface area contributed by atoms with Crippen LogP contribution in [0, 0.1) is 24.7 Å². The Labute approximate surface area is 224 Å². The first-order chi connectivity index (χ1) is 18.0. The first-order valence-corrected chi connectivity index (χ1v) is 15.6. The van der Waals surface area contributed by atoms with E-state index < -0.39 is 15.4 Å². The van der Waals surface area contributed by atoms with Crippen molar-refractivity contribution in [2.45, 2.75) is 68.5 Å². The zero-order chi connectivity index (χ0) is 26.8. The van der Waals surface area contributed by atoms with Crippen LogP contribution in [0.4, 0.5) is 11.6 Å². The number of aryl methyl sites for hydroxylation is 1. The van der Waals surface area contributed by atoms with Crippen molar-refractivity contribution in [2.75, 3.05) is 35.7 Å². The third kappa shape index (κ3) is 4.66. The molecular weight excluding hydrogens is 502 g/mol. The number of sulfone groups is 1. The molecule has 9 nitrogen and oxygen atoms in total. The van der Waals surface area contributed by atoms with Crippen LogP contribution in [0.3, 0.4) is 0 Å². The van der Waals surface area contributed by atoms with Crippen LogP contribution in [0.25, 0.3) is 0 Å². The zero-order valence-electron chi connectivity index (χ0n) is 22.3. The predicted octanol–water partition coefficient (Wildman–Crippen LogP) is 2.57. The standard InChI is InChI=1S/C28H37N5O4S/c1-17-10-22(4-5-24(17)38(3,36)37)32-8-9-33(18(2)16-32)27-29-7-6-23(30-27)26(34)31-25-20-11-19-12-21(25)15-28(35,13-19)14-20/h4-7,10,18-21,25,35H,8-9,11-16H2,1-3H3,(H,31,34)/t18-,19?,20?,21?,25?,28?/m1/s1. The van der Waals surface area contributed by atoms with Crippen molar-refractivity contribution in [1.82, 2.24) is 15.3 Å². The number of hydrogen-bond acceptors (Lipinski definition) is 8. The van der Waals surface area contributed by atoms with Gasteiger partial charge in [-0.1, -0.05) is 0 Å². The van der Waals surface area contributed by atoms with E-state index in [9.17, 15) is 18.3 Å². The number of carbonyl (C=O) groups is 1. The second-order valence-electron chi connectivity index (χ2n) is 12.1. The van der Waals surface area contributed by atoms with Gasteiger partial charge in [0, 0.05) is 49.9 Å². The molecule has 1 amide bonds. The maximum absolute atomic E-state index is 13.3. The maximum Gasteiger partial charge on any atom is 0.270 e. The number of nitrogens with one attached hydrogen (secondary N) is 1. The lowest BCUT2D eigenvalue weighted by Crippen LogP contribution is -2.61. The minimum Gasteiger partial charge on any atom is -0.390 e. The molecule has 7 rings (SSSR count). The molecule has 38 heavy (non-hydrogen) atoms. The molecule has 1 aliphatic heterocycles. The summed E-state index contributed by atoms with van der Waals surface area (Å²) in [4.78, 5) is 27.2. The van der Waals surface area contributed by atoms with Crippen molar-refractivity contribution >= 4 is 27.4 Å². The van der Waals surface area contributed by atoms with E-state index in [-0.39, 0.29) is 18.0 Å². The third-order valence-electron chi connectivity index (χ3n) is 9.22. The Morgan fingerprint density at radius 3 is 2.50 bits per heavy atom. The fourth-order valence-corrected chi connectivity index (χ4v) is 8.75. The summed E-state index contributed by atoms with van der Waals surface area (Å²) in [6, 6.07) is 7.38. The van der Waals surface area contributed by atoms with Gasteiger partial charge in [0.05, 0.1) is 10.5 Å². The minimum absolute atomic E-state index is 0.0992. The van der Waals surface area contributed by atoms with Crippen LogP contribution < -0.4 is 15.1 Å². The van der Waals surface area contributed by atoms with Crippen LogP contribution in [0.15, 0.2) is 35.4 Å². The molecule has 204 valence electrons. The first kappa shape index (κ1) is 25.6. The van der Waals surface area contributed by atoms with E-state index in [1.807, 2.05) is 19.1 Å². The topological polar surface area (TPSA) is 116 Å². The third-order valence-corrected chi connectivity index (χ3v) is 10.5. The summed E-state index contributed by atoms with van der Waals surface area (Å²) in [5, 5.41) is 14.1. The van der Waals surface area contributed by atoms with Gasteiger partial charge in [0.15, 0.2) is 9.84 Å². The van der Waals surface area contributed by atoms with Crippen molar-refractivity contribution in [3.63, 3.8) is 0 Å². The van der Waals surface area contributed by atoms with Gasteiger partial charge in [-0.05, 0) is 93.5 Å². The molecular formula is C28H37N5O4S. The zero-order valence-corrected chi connectivity index (χ0v) is 23.1. The number of hydrogen-bond donors (Lipinski definition) is 2. The van der Waals surface area contributed by atoms with Gasteiger partial charge in [0.25, 0.3) is 5.91 Å². The summed E-state index contributed by atoms with van der Waals surface area (Å²) < 4.78 is 24.0. The van der Waals surface area contributed by atoms with E-state index in [1.165, 1.54) is 6.26 Å². The lowest BCUT2D eigenvalue weighted by Gasteiger charge is -2.58.